The lowest BCUT2D eigenvalue weighted by Crippen LogP contribution is -2.17. The summed E-state index contributed by atoms with van der Waals surface area (Å²) in [6.07, 6.45) is -6.12. The quantitative estimate of drug-likeness (QED) is 0.170. The standard InChI is InChI=1S/C29H2F15N5/c30-16-7(3-47)17(31)21(35)11(20(16)34)5(1-45)9-10(13(9)28(49)14-24(38)18(32)8(4-48)19(33)25(14)39)6(2-46)12-22(36)26(40)15(29(42,43)44)27(41)23(12)37/h49H2. The van der Waals surface area contributed by atoms with Crippen LogP contribution < -0.4 is 5.73 Å². The molecule has 0 aromatic heterocycles. The van der Waals surface area contributed by atoms with Crippen LogP contribution in [0.15, 0.2) is 16.7 Å². The Balaban J connectivity index is 2.33. The predicted octanol–water partition coefficient (Wildman–Crippen LogP) is 7.76. The molecule has 3 aromatic carbocycles. The molecule has 0 bridgehead atoms. The van der Waals surface area contributed by atoms with Gasteiger partial charge in [0.25, 0.3) is 0 Å². The number of nitrogens with two attached hydrogens (primary N) is 1. The molecule has 0 atom stereocenters. The molecule has 0 unspecified atom stereocenters. The maximum absolute atomic E-state index is 15.0. The van der Waals surface area contributed by atoms with Crippen LogP contribution in [0.2, 0.25) is 0 Å². The van der Waals surface area contributed by atoms with Crippen LogP contribution in [0.5, 0.6) is 0 Å². The van der Waals surface area contributed by atoms with E-state index in [0.717, 1.165) is 24.3 Å². The second kappa shape index (κ2) is 12.0. The second-order valence-electron chi connectivity index (χ2n) is 9.25. The van der Waals surface area contributed by atoms with E-state index in [1.807, 2.05) is 0 Å². The van der Waals surface area contributed by atoms with Gasteiger partial charge in [0.1, 0.15) is 41.0 Å². The van der Waals surface area contributed by atoms with Gasteiger partial charge in [0.05, 0.1) is 33.5 Å². The molecule has 1 aliphatic rings. The zero-order chi connectivity index (χ0) is 37.2. The summed E-state index contributed by atoms with van der Waals surface area (Å²) in [6, 6.07) is 3.16. The highest BCUT2D eigenvalue weighted by Gasteiger charge is 2.47. The maximum Gasteiger partial charge on any atom is 0.422 e. The number of allylic oxidation sites excluding steroid dienone is 5. The number of hydrogen-bond acceptors (Lipinski definition) is 5. The molecule has 3 aromatic rings. The maximum atomic E-state index is 15.0. The lowest BCUT2D eigenvalue weighted by Gasteiger charge is -2.13. The summed E-state index contributed by atoms with van der Waals surface area (Å²) in [6.45, 7) is 0. The largest absolute Gasteiger partial charge is 0.422 e. The molecule has 20 heteroatoms. The molecular weight excluding hydrogens is 703 g/mol. The van der Waals surface area contributed by atoms with Gasteiger partial charge in [0.15, 0.2) is 69.8 Å². The fraction of sp³-hybridized carbons (Fsp3) is 0.0345. The smallest absolute Gasteiger partial charge is 0.398 e. The molecule has 5 nitrogen and oxygen atoms in total. The van der Waals surface area contributed by atoms with Gasteiger partial charge < -0.3 is 5.73 Å². The first-order valence-corrected chi connectivity index (χ1v) is 12.0. The lowest BCUT2D eigenvalue weighted by atomic mass is 9.98. The number of hydrogen-bond donors (Lipinski definition) is 1. The molecule has 0 saturated heterocycles. The molecule has 1 saturated carbocycles. The molecular formula is C29H2F15N5. The van der Waals surface area contributed by atoms with Gasteiger partial charge >= 0.3 is 6.18 Å². The summed E-state index contributed by atoms with van der Waals surface area (Å²) in [5, 5.41) is 37.0. The number of benzene rings is 3. The third kappa shape index (κ3) is 5.05. The van der Waals surface area contributed by atoms with Crippen LogP contribution in [0, 0.1) is 115 Å². The van der Waals surface area contributed by atoms with Crippen LogP contribution in [-0.4, -0.2) is 0 Å². The summed E-state index contributed by atoms with van der Waals surface area (Å²) in [5.74, 6) is -32.6. The van der Waals surface area contributed by atoms with Gasteiger partial charge in [-0.3, -0.25) is 0 Å². The topological polar surface area (TPSA) is 121 Å². The van der Waals surface area contributed by atoms with Gasteiger partial charge in [-0.15, -0.1) is 0 Å². The first-order chi connectivity index (χ1) is 22.8. The van der Waals surface area contributed by atoms with Crippen molar-refractivity contribution in [1.29, 1.82) is 21.0 Å². The van der Waals surface area contributed by atoms with Crippen molar-refractivity contribution in [1.82, 2.24) is 0 Å². The molecule has 1 aliphatic carbocycles. The van der Waals surface area contributed by atoms with Gasteiger partial charge in [0.2, 0.25) is 0 Å². The van der Waals surface area contributed by atoms with E-state index in [4.69, 9.17) is 16.3 Å². The van der Waals surface area contributed by atoms with Gasteiger partial charge in [-0.05, 0) is 0 Å². The van der Waals surface area contributed by atoms with E-state index >= 15 is 0 Å². The molecule has 2 N–H and O–H groups in total. The van der Waals surface area contributed by atoms with Crippen molar-refractivity contribution in [2.45, 2.75) is 6.18 Å². The average molecular weight is 705 g/mol. The summed E-state index contributed by atoms with van der Waals surface area (Å²) in [4.78, 5) is 0. The Kier molecular flexibility index (Phi) is 8.67. The van der Waals surface area contributed by atoms with E-state index in [1.165, 1.54) is 0 Å². The number of nitriles is 4. The molecule has 0 amide bonds. The van der Waals surface area contributed by atoms with E-state index in [2.05, 4.69) is 0 Å². The van der Waals surface area contributed by atoms with Crippen LogP contribution in [0.1, 0.15) is 33.4 Å². The van der Waals surface area contributed by atoms with Crippen LogP contribution in [0.25, 0.3) is 16.8 Å². The van der Waals surface area contributed by atoms with Crippen LogP contribution in [0.4, 0.5) is 65.9 Å². The van der Waals surface area contributed by atoms with Crippen LogP contribution >= 0.6 is 0 Å². The normalized spacial score (nSPS) is 15.6. The first-order valence-electron chi connectivity index (χ1n) is 12.0. The lowest BCUT2D eigenvalue weighted by molar-refractivity contribution is -0.143. The molecule has 0 aliphatic heterocycles. The zero-order valence-electron chi connectivity index (χ0n) is 22.5. The highest BCUT2D eigenvalue weighted by Crippen LogP contribution is 2.56. The van der Waals surface area contributed by atoms with Crippen molar-refractivity contribution < 1.29 is 65.9 Å². The molecule has 0 heterocycles. The summed E-state index contributed by atoms with van der Waals surface area (Å²) >= 11 is 0. The Bertz CT molecular complexity index is 2250. The Morgan fingerprint density at radius 2 is 0.714 bits per heavy atom. The second-order valence-corrected chi connectivity index (χ2v) is 9.25. The molecule has 0 radical (unpaired) electrons. The first kappa shape index (κ1) is 35.4. The minimum atomic E-state index is -6.12. The predicted molar refractivity (Wildman–Crippen MR) is 129 cm³/mol. The van der Waals surface area contributed by atoms with E-state index in [0.29, 0.717) is 0 Å². The van der Waals surface area contributed by atoms with Crippen LogP contribution in [-0.2, 0) is 6.18 Å². The van der Waals surface area contributed by atoms with Gasteiger partial charge in [-0.2, -0.15) is 34.2 Å². The minimum Gasteiger partial charge on any atom is -0.398 e. The molecule has 49 heavy (non-hydrogen) atoms. The minimum absolute atomic E-state index is 0.728. The Morgan fingerprint density at radius 1 is 0.429 bits per heavy atom. The number of halogens is 15. The zero-order valence-corrected chi connectivity index (χ0v) is 22.5. The van der Waals surface area contributed by atoms with E-state index < -0.39 is 143 Å². The summed E-state index contributed by atoms with van der Waals surface area (Å²) in [7, 11) is 0. The third-order valence-electron chi connectivity index (χ3n) is 6.75. The summed E-state index contributed by atoms with van der Waals surface area (Å²) in [5.41, 5.74) is -18.2. The molecule has 0 spiro atoms. The number of alkyl halides is 3. The number of nitrogens with zero attached hydrogens (tertiary/aromatic N) is 4. The average Bonchev–Trinajstić information content (AvgIpc) is 3.76. The molecule has 248 valence electrons. The van der Waals surface area contributed by atoms with Crippen molar-refractivity contribution in [2.75, 3.05) is 0 Å². The van der Waals surface area contributed by atoms with Crippen molar-refractivity contribution in [3.63, 3.8) is 0 Å². The van der Waals surface area contributed by atoms with E-state index in [9.17, 15) is 76.4 Å². The highest BCUT2D eigenvalue weighted by atomic mass is 19.4. The van der Waals surface area contributed by atoms with E-state index in [-0.39, 0.29) is 0 Å². The van der Waals surface area contributed by atoms with Gasteiger partial charge in [0, 0.05) is 16.7 Å². The van der Waals surface area contributed by atoms with Gasteiger partial charge in [-0.25, -0.2) is 52.7 Å². The van der Waals surface area contributed by atoms with E-state index in [1.54, 1.807) is 0 Å². The van der Waals surface area contributed by atoms with Crippen molar-refractivity contribution in [3.05, 3.63) is 120 Å². The Morgan fingerprint density at radius 3 is 0.980 bits per heavy atom. The fourth-order valence-electron chi connectivity index (χ4n) is 4.57. The number of rotatable bonds is 3. The molecule has 1 fully saturated rings. The van der Waals surface area contributed by atoms with Crippen molar-refractivity contribution >= 4 is 16.8 Å². The monoisotopic (exact) mass is 705 g/mol. The summed E-state index contributed by atoms with van der Waals surface area (Å²) < 4.78 is 216. The SMILES string of the molecule is N#CC(=C1C(=C(N)c2c(F)c(F)c(C#N)c(F)c2F)C1=C(C#N)c1c(F)c(F)c(C(F)(F)F)c(F)c1F)c1c(F)c(F)c(C#N)c(F)c1F. The van der Waals surface area contributed by atoms with Crippen LogP contribution in [0.3, 0.4) is 0 Å². The van der Waals surface area contributed by atoms with Gasteiger partial charge in [-0.1, -0.05) is 0 Å². The molecule has 4 rings (SSSR count). The Labute approximate surface area is 260 Å². The van der Waals surface area contributed by atoms with Crippen molar-refractivity contribution in [2.24, 2.45) is 5.73 Å². The highest BCUT2D eigenvalue weighted by molar-refractivity contribution is 6.10. The fourth-order valence-corrected chi connectivity index (χ4v) is 4.57. The Hall–Kier alpha value is -6.41. The third-order valence-corrected chi connectivity index (χ3v) is 6.75. The van der Waals surface area contributed by atoms with Crippen molar-refractivity contribution in [3.8, 4) is 24.3 Å².